The summed E-state index contributed by atoms with van der Waals surface area (Å²) in [7, 11) is 1.51. The van der Waals surface area contributed by atoms with E-state index in [4.69, 9.17) is 35.6 Å². The van der Waals surface area contributed by atoms with Gasteiger partial charge in [0.2, 0.25) is 5.78 Å². The average molecular weight is 709 g/mol. The van der Waals surface area contributed by atoms with E-state index in [1.54, 1.807) is 18.2 Å². The van der Waals surface area contributed by atoms with E-state index in [1.807, 2.05) is 4.57 Å². The lowest BCUT2D eigenvalue weighted by Gasteiger charge is -2.35. The van der Waals surface area contributed by atoms with Crippen molar-refractivity contribution in [2.75, 3.05) is 51.6 Å². The fraction of sp³-hybridized carbons (Fsp3) is 0.500. The van der Waals surface area contributed by atoms with Crippen molar-refractivity contribution in [1.29, 1.82) is 0 Å². The van der Waals surface area contributed by atoms with Crippen molar-refractivity contribution in [2.45, 2.75) is 75.5 Å². The van der Waals surface area contributed by atoms with Gasteiger partial charge in [0.15, 0.2) is 24.1 Å². The first-order valence-electron chi connectivity index (χ1n) is 18.4. The number of terminal acetylenes is 1. The Morgan fingerprint density at radius 2 is 1.94 bits per heavy atom. The number of carbonyl (C=O) groups is 1. The second-order valence-electron chi connectivity index (χ2n) is 15.4. The van der Waals surface area contributed by atoms with Gasteiger partial charge in [-0.3, -0.25) is 9.69 Å². The fourth-order valence-corrected chi connectivity index (χ4v) is 9.23. The molecule has 5 aliphatic rings. The largest absolute Gasteiger partial charge is 0.468 e. The van der Waals surface area contributed by atoms with E-state index in [2.05, 4.69) is 22.3 Å². The van der Waals surface area contributed by atoms with Crippen molar-refractivity contribution in [2.24, 2.45) is 5.41 Å². The molecule has 12 heteroatoms. The van der Waals surface area contributed by atoms with Crippen LogP contribution in [0.4, 0.5) is 14.6 Å². The third-order valence-corrected chi connectivity index (χ3v) is 12.2. The molecule has 0 bridgehead atoms. The maximum absolute atomic E-state index is 15.2. The summed E-state index contributed by atoms with van der Waals surface area (Å²) in [5.74, 6) is 2.66. The minimum absolute atomic E-state index is 0.00680. The second kappa shape index (κ2) is 12.5. The van der Waals surface area contributed by atoms with Gasteiger partial charge < -0.3 is 23.7 Å². The Bertz CT molecular complexity index is 2180. The lowest BCUT2D eigenvalue weighted by Crippen LogP contribution is -2.43. The van der Waals surface area contributed by atoms with E-state index in [-0.39, 0.29) is 53.4 Å². The molecule has 270 valence electrons. The van der Waals surface area contributed by atoms with Gasteiger partial charge in [-0.2, -0.15) is 9.97 Å². The molecule has 4 aromatic rings. The molecule has 10 nitrogen and oxygen atoms in total. The Morgan fingerprint density at radius 3 is 2.69 bits per heavy atom. The van der Waals surface area contributed by atoms with E-state index >= 15 is 4.39 Å². The number of anilines is 1. The quantitative estimate of drug-likeness (QED) is 0.0788. The van der Waals surface area contributed by atoms with Gasteiger partial charge in [0.1, 0.15) is 29.9 Å². The third kappa shape index (κ3) is 5.35. The second-order valence-corrected chi connectivity index (χ2v) is 15.4. The maximum atomic E-state index is 15.2. The highest BCUT2D eigenvalue weighted by molar-refractivity contribution is 6.17. The minimum atomic E-state index is -0.885. The number of alkyl halides is 1. The van der Waals surface area contributed by atoms with E-state index < -0.39 is 17.8 Å². The summed E-state index contributed by atoms with van der Waals surface area (Å²) in [5.41, 5.74) is 2.11. The van der Waals surface area contributed by atoms with Crippen molar-refractivity contribution in [1.82, 2.24) is 24.4 Å². The number of piperidine rings is 1. The minimum Gasteiger partial charge on any atom is -0.468 e. The van der Waals surface area contributed by atoms with Crippen LogP contribution in [0.5, 0.6) is 11.8 Å². The van der Waals surface area contributed by atoms with E-state index in [9.17, 15) is 9.18 Å². The average Bonchev–Trinajstić information content (AvgIpc) is 3.40. The van der Waals surface area contributed by atoms with Crippen molar-refractivity contribution < 1.29 is 27.8 Å². The zero-order chi connectivity index (χ0) is 35.8. The number of nitrogens with zero attached hydrogens (tertiary/aromatic N) is 6. The number of rotatable bonds is 10. The lowest BCUT2D eigenvalue weighted by molar-refractivity contribution is 0.0511. The van der Waals surface area contributed by atoms with Gasteiger partial charge in [0.25, 0.3) is 0 Å². The number of ketones is 1. The molecule has 2 aromatic heterocycles. The van der Waals surface area contributed by atoms with E-state index in [1.165, 1.54) is 18.7 Å². The Labute approximate surface area is 301 Å². The van der Waals surface area contributed by atoms with Gasteiger partial charge in [-0.05, 0) is 81.5 Å². The summed E-state index contributed by atoms with van der Waals surface area (Å²) in [4.78, 5) is 34.4. The predicted molar refractivity (Wildman–Crippen MR) is 192 cm³/mol. The monoisotopic (exact) mass is 708 g/mol. The Kier molecular flexibility index (Phi) is 8.01. The number of aromatic nitrogens is 4. The lowest BCUT2D eigenvalue weighted by atomic mass is 9.91. The molecule has 2 aliphatic carbocycles. The maximum Gasteiger partial charge on any atom is 0.320 e. The van der Waals surface area contributed by atoms with Crippen LogP contribution in [0.2, 0.25) is 0 Å². The number of imidazole rings is 1. The smallest absolute Gasteiger partial charge is 0.320 e. The van der Waals surface area contributed by atoms with Crippen molar-refractivity contribution >= 4 is 33.5 Å². The number of carbonyl (C=O) groups excluding carboxylic acids is 1. The Morgan fingerprint density at radius 1 is 1.12 bits per heavy atom. The molecule has 0 unspecified atom stereocenters. The van der Waals surface area contributed by atoms with Crippen LogP contribution in [0.3, 0.4) is 0 Å². The van der Waals surface area contributed by atoms with Crippen molar-refractivity contribution in [3.63, 3.8) is 0 Å². The molecule has 0 radical (unpaired) electrons. The van der Waals surface area contributed by atoms with Crippen LogP contribution in [-0.2, 0) is 4.74 Å². The molecular formula is C40H42F2N6O4. The number of benzene rings is 2. The molecule has 0 N–H and O–H groups in total. The molecule has 2 saturated carbocycles. The van der Waals surface area contributed by atoms with Crippen LogP contribution < -0.4 is 14.4 Å². The highest BCUT2D eigenvalue weighted by atomic mass is 19.1. The van der Waals surface area contributed by atoms with Gasteiger partial charge in [0, 0.05) is 55.6 Å². The summed E-state index contributed by atoms with van der Waals surface area (Å²) < 4.78 is 49.2. The zero-order valence-corrected chi connectivity index (χ0v) is 29.4. The zero-order valence-electron chi connectivity index (χ0n) is 29.4. The number of methoxy groups -OCH3 is 1. The molecule has 3 saturated heterocycles. The molecule has 52 heavy (non-hydrogen) atoms. The van der Waals surface area contributed by atoms with Crippen molar-refractivity contribution in [3.05, 3.63) is 59.2 Å². The van der Waals surface area contributed by atoms with Crippen LogP contribution in [0.25, 0.3) is 21.9 Å². The van der Waals surface area contributed by atoms with Gasteiger partial charge in [-0.25, -0.2) is 13.8 Å². The number of ether oxygens (including phenoxy) is 3. The summed E-state index contributed by atoms with van der Waals surface area (Å²) in [6.07, 6.45) is 13.0. The standard InChI is InChI=1S/C40H42F2N6O4/c1-4-29-31(42)11-10-25-16-28(52-23-50-3)17-30(32(25)29)34(49)37-43-35-33(48(37)27-8-5-9-27)36(46-14-6-12-39(21-46)18-24(39)2)45-38(44-35)51-22-40-13-7-15-47(40)20-26(41)19-40/h1,10-11,16-17,26-27H,2,5-9,12-15,18-23H2,3H3/t26-,39-,40+/m1/s1. The molecule has 3 aliphatic heterocycles. The van der Waals surface area contributed by atoms with Gasteiger partial charge in [-0.1, -0.05) is 24.1 Å². The first kappa shape index (κ1) is 33.3. The number of hydrogen-bond donors (Lipinski definition) is 0. The Hall–Kier alpha value is -4.60. The molecule has 0 amide bonds. The number of fused-ring (bicyclic) bond motifs is 3. The highest BCUT2D eigenvalue weighted by Crippen LogP contribution is 2.57. The highest BCUT2D eigenvalue weighted by Gasteiger charge is 2.51. The van der Waals surface area contributed by atoms with Gasteiger partial charge in [0.05, 0.1) is 11.1 Å². The third-order valence-electron chi connectivity index (χ3n) is 12.2. The SMILES string of the molecule is C#Cc1c(F)ccc2cc(OCOC)cc(C(=O)c3nc4nc(OC[C@@]56CCCN5C[C@H](F)C6)nc(N5CCC[C@@]6(CC6=C)C5)c4n3C3CCC3)c12. The normalized spacial score (nSPS) is 25.8. The number of hydrogen-bond acceptors (Lipinski definition) is 9. The molecule has 9 rings (SSSR count). The van der Waals surface area contributed by atoms with E-state index in [0.29, 0.717) is 46.5 Å². The summed E-state index contributed by atoms with van der Waals surface area (Å²) >= 11 is 0. The van der Waals surface area contributed by atoms with Crippen LogP contribution >= 0.6 is 0 Å². The van der Waals surface area contributed by atoms with Gasteiger partial charge >= 0.3 is 6.01 Å². The van der Waals surface area contributed by atoms with Crippen molar-refractivity contribution in [3.8, 4) is 24.1 Å². The molecular weight excluding hydrogens is 666 g/mol. The summed E-state index contributed by atoms with van der Waals surface area (Å²) in [6, 6.07) is 6.32. The molecule has 1 spiro atoms. The Balaban J connectivity index is 1.20. The predicted octanol–water partition coefficient (Wildman–Crippen LogP) is 6.54. The first-order valence-corrected chi connectivity index (χ1v) is 18.4. The van der Waals surface area contributed by atoms with E-state index in [0.717, 1.165) is 71.0 Å². The van der Waals surface area contributed by atoms with Gasteiger partial charge in [-0.15, -0.1) is 6.42 Å². The topological polar surface area (TPSA) is 94.8 Å². The van der Waals surface area contributed by atoms with Crippen LogP contribution in [0.1, 0.15) is 85.6 Å². The first-order chi connectivity index (χ1) is 25.2. The molecule has 3 atom stereocenters. The summed E-state index contributed by atoms with van der Waals surface area (Å²) in [6.45, 7) is 7.35. The molecule has 2 aromatic carbocycles. The molecule has 5 fully saturated rings. The fourth-order valence-electron chi connectivity index (χ4n) is 9.23. The summed E-state index contributed by atoms with van der Waals surface area (Å²) in [5, 5.41) is 0.868. The van der Waals surface area contributed by atoms with Crippen LogP contribution in [0, 0.1) is 23.6 Å². The number of halogens is 2. The van der Waals surface area contributed by atoms with Crippen LogP contribution in [-0.4, -0.2) is 88.6 Å². The molecule has 5 heterocycles. The van der Waals surface area contributed by atoms with Crippen LogP contribution in [0.15, 0.2) is 36.4 Å².